The number of carbonyl (C=O) groups is 1. The zero-order valence-corrected chi connectivity index (χ0v) is 8.48. The van der Waals surface area contributed by atoms with Crippen LogP contribution in [0.25, 0.3) is 0 Å². The largest absolute Gasteiger partial charge is 0.384 e. The normalized spacial score (nSPS) is 13.9. The van der Waals surface area contributed by atoms with Crippen molar-refractivity contribution in [2.24, 2.45) is 5.73 Å². The lowest BCUT2D eigenvalue weighted by Gasteiger charge is -2.12. The number of hydrogen-bond acceptors (Lipinski definition) is 3. The molecule has 0 aromatic heterocycles. The van der Waals surface area contributed by atoms with Gasteiger partial charge in [-0.05, 0) is 12.0 Å². The van der Waals surface area contributed by atoms with E-state index in [1.807, 2.05) is 30.3 Å². The minimum absolute atomic E-state index is 0. The molecular formula is C10H14ClNO2. The zero-order valence-electron chi connectivity index (χ0n) is 7.67. The van der Waals surface area contributed by atoms with Gasteiger partial charge in [0.05, 0.1) is 0 Å². The van der Waals surface area contributed by atoms with Crippen LogP contribution in [0.3, 0.4) is 0 Å². The Kier molecular flexibility index (Phi) is 6.12. The summed E-state index contributed by atoms with van der Waals surface area (Å²) in [5, 5.41) is 9.09. The molecule has 3 nitrogen and oxygen atoms in total. The molecule has 14 heavy (non-hydrogen) atoms. The van der Waals surface area contributed by atoms with Gasteiger partial charge in [0.15, 0.2) is 0 Å². The first-order valence-corrected chi connectivity index (χ1v) is 4.17. The molecule has 0 aliphatic heterocycles. The first kappa shape index (κ1) is 13.1. The smallest absolute Gasteiger partial charge is 0.150 e. The third-order valence-electron chi connectivity index (χ3n) is 1.89. The molecule has 0 aliphatic carbocycles. The van der Waals surface area contributed by atoms with E-state index >= 15 is 0 Å². The Hall–Kier alpha value is -0.900. The molecule has 4 heteroatoms. The number of nitrogens with two attached hydrogens (primary N) is 1. The summed E-state index contributed by atoms with van der Waals surface area (Å²) in [6, 6.07) is 9.02. The van der Waals surface area contributed by atoms with Crippen molar-refractivity contribution in [1.82, 2.24) is 0 Å². The number of aliphatic hydroxyl groups excluding tert-OH is 1. The van der Waals surface area contributed by atoms with Gasteiger partial charge in [-0.2, -0.15) is 0 Å². The minimum Gasteiger partial charge on any atom is -0.384 e. The van der Waals surface area contributed by atoms with Crippen LogP contribution in [0.2, 0.25) is 0 Å². The lowest BCUT2D eigenvalue weighted by atomic mass is 10.0. The van der Waals surface area contributed by atoms with Crippen LogP contribution in [-0.4, -0.2) is 23.5 Å². The summed E-state index contributed by atoms with van der Waals surface area (Å²) in [6.45, 7) is 0. The lowest BCUT2D eigenvalue weighted by Crippen LogP contribution is -2.37. The molecule has 0 radical (unpaired) electrons. The summed E-state index contributed by atoms with van der Waals surface area (Å²) in [7, 11) is 0. The average molecular weight is 216 g/mol. The molecule has 0 fully saturated rings. The van der Waals surface area contributed by atoms with Crippen LogP contribution in [-0.2, 0) is 11.2 Å². The van der Waals surface area contributed by atoms with Crippen LogP contribution in [0.1, 0.15) is 5.56 Å². The summed E-state index contributed by atoms with van der Waals surface area (Å²) in [5.74, 6) is 0. The number of aldehydes is 1. The molecular weight excluding hydrogens is 202 g/mol. The van der Waals surface area contributed by atoms with E-state index in [1.54, 1.807) is 0 Å². The van der Waals surface area contributed by atoms with Gasteiger partial charge >= 0.3 is 0 Å². The standard InChI is InChI=1S/C10H13NO2.ClH/c11-9(10(13)7-12)6-8-4-2-1-3-5-8;/h1-5,7,9-10,13H,6,11H2;1H. The highest BCUT2D eigenvalue weighted by atomic mass is 35.5. The number of aliphatic hydroxyl groups is 1. The van der Waals surface area contributed by atoms with Gasteiger partial charge in [-0.3, -0.25) is 0 Å². The highest BCUT2D eigenvalue weighted by molar-refractivity contribution is 5.85. The Morgan fingerprint density at radius 1 is 1.36 bits per heavy atom. The second kappa shape index (κ2) is 6.54. The quantitative estimate of drug-likeness (QED) is 0.721. The van der Waals surface area contributed by atoms with Gasteiger partial charge in [-0.25, -0.2) is 0 Å². The van der Waals surface area contributed by atoms with E-state index in [4.69, 9.17) is 10.8 Å². The molecule has 0 bridgehead atoms. The van der Waals surface area contributed by atoms with E-state index in [-0.39, 0.29) is 12.4 Å². The summed E-state index contributed by atoms with van der Waals surface area (Å²) in [5.41, 5.74) is 6.60. The van der Waals surface area contributed by atoms with Gasteiger partial charge in [0, 0.05) is 6.04 Å². The predicted octanol–water partition coefficient (Wildman–Crippen LogP) is 0.538. The van der Waals surface area contributed by atoms with Crippen molar-refractivity contribution in [2.45, 2.75) is 18.6 Å². The lowest BCUT2D eigenvalue weighted by molar-refractivity contribution is -0.115. The Bertz CT molecular complexity index is 266. The van der Waals surface area contributed by atoms with E-state index in [0.29, 0.717) is 12.7 Å². The summed E-state index contributed by atoms with van der Waals surface area (Å²) in [4.78, 5) is 10.2. The van der Waals surface area contributed by atoms with Crippen LogP contribution in [0.15, 0.2) is 30.3 Å². The van der Waals surface area contributed by atoms with Gasteiger partial charge in [0.2, 0.25) is 0 Å². The number of hydrogen-bond donors (Lipinski definition) is 2. The van der Waals surface area contributed by atoms with Crippen LogP contribution >= 0.6 is 12.4 Å². The molecule has 0 aliphatic rings. The van der Waals surface area contributed by atoms with E-state index in [2.05, 4.69) is 0 Å². The second-order valence-corrected chi connectivity index (χ2v) is 2.98. The highest BCUT2D eigenvalue weighted by Gasteiger charge is 2.13. The van der Waals surface area contributed by atoms with E-state index in [0.717, 1.165) is 5.56 Å². The third kappa shape index (κ3) is 3.87. The Morgan fingerprint density at radius 3 is 2.43 bits per heavy atom. The molecule has 0 saturated heterocycles. The summed E-state index contributed by atoms with van der Waals surface area (Å²) < 4.78 is 0. The molecule has 0 saturated carbocycles. The molecule has 1 rings (SSSR count). The maximum atomic E-state index is 10.2. The summed E-state index contributed by atoms with van der Waals surface area (Å²) in [6.07, 6.45) is -0.0887. The van der Waals surface area contributed by atoms with Crippen LogP contribution in [0.4, 0.5) is 0 Å². The maximum Gasteiger partial charge on any atom is 0.150 e. The summed E-state index contributed by atoms with van der Waals surface area (Å²) >= 11 is 0. The third-order valence-corrected chi connectivity index (χ3v) is 1.89. The van der Waals surface area contributed by atoms with Gasteiger partial charge in [-0.1, -0.05) is 30.3 Å². The van der Waals surface area contributed by atoms with E-state index in [1.165, 1.54) is 0 Å². The first-order chi connectivity index (χ1) is 6.24. The maximum absolute atomic E-state index is 10.2. The van der Waals surface area contributed by atoms with Crippen LogP contribution in [0.5, 0.6) is 0 Å². The number of rotatable bonds is 4. The van der Waals surface area contributed by atoms with Crippen LogP contribution in [0, 0.1) is 0 Å². The van der Waals surface area contributed by atoms with Crippen LogP contribution < -0.4 is 5.73 Å². The molecule has 3 N–H and O–H groups in total. The molecule has 0 amide bonds. The molecule has 1 aromatic rings. The average Bonchev–Trinajstić information content (AvgIpc) is 2.18. The van der Waals surface area contributed by atoms with Crippen molar-refractivity contribution < 1.29 is 9.90 Å². The SMILES string of the molecule is Cl.NC(Cc1ccccc1)C(O)C=O. The fraction of sp³-hybridized carbons (Fsp3) is 0.300. The Labute approximate surface area is 89.3 Å². The van der Waals surface area contributed by atoms with Crippen molar-refractivity contribution in [3.05, 3.63) is 35.9 Å². The minimum atomic E-state index is -1.07. The topological polar surface area (TPSA) is 63.3 Å². The van der Waals surface area contributed by atoms with Crippen molar-refractivity contribution in [1.29, 1.82) is 0 Å². The molecule has 0 heterocycles. The van der Waals surface area contributed by atoms with E-state index < -0.39 is 12.1 Å². The van der Waals surface area contributed by atoms with Crippen molar-refractivity contribution in [2.75, 3.05) is 0 Å². The van der Waals surface area contributed by atoms with Crippen molar-refractivity contribution >= 4 is 18.7 Å². The molecule has 1 aromatic carbocycles. The molecule has 78 valence electrons. The molecule has 2 atom stereocenters. The fourth-order valence-corrected chi connectivity index (χ4v) is 1.11. The van der Waals surface area contributed by atoms with Crippen molar-refractivity contribution in [3.8, 4) is 0 Å². The monoisotopic (exact) mass is 215 g/mol. The Balaban J connectivity index is 0.00000169. The first-order valence-electron chi connectivity index (χ1n) is 4.17. The Morgan fingerprint density at radius 2 is 1.93 bits per heavy atom. The molecule has 0 spiro atoms. The fourth-order valence-electron chi connectivity index (χ4n) is 1.11. The zero-order chi connectivity index (χ0) is 9.68. The number of benzene rings is 1. The second-order valence-electron chi connectivity index (χ2n) is 2.98. The highest BCUT2D eigenvalue weighted by Crippen LogP contribution is 2.03. The number of halogens is 1. The van der Waals surface area contributed by atoms with Gasteiger partial charge in [0.1, 0.15) is 12.4 Å². The van der Waals surface area contributed by atoms with E-state index in [9.17, 15) is 4.79 Å². The van der Waals surface area contributed by atoms with Gasteiger partial charge in [0.25, 0.3) is 0 Å². The predicted molar refractivity (Wildman–Crippen MR) is 57.4 cm³/mol. The molecule has 2 unspecified atom stereocenters. The number of carbonyl (C=O) groups excluding carboxylic acids is 1. The van der Waals surface area contributed by atoms with Gasteiger partial charge < -0.3 is 15.6 Å². The van der Waals surface area contributed by atoms with Gasteiger partial charge in [-0.15, -0.1) is 12.4 Å². The van der Waals surface area contributed by atoms with Crippen molar-refractivity contribution in [3.63, 3.8) is 0 Å².